The molecule has 112 valence electrons. The molecule has 1 N–H and O–H groups in total. The molecule has 2 rings (SSSR count). The van der Waals surface area contributed by atoms with Crippen LogP contribution in [0.4, 0.5) is 14.5 Å². The Morgan fingerprint density at radius 3 is 2.75 bits per heavy atom. The predicted octanol–water partition coefficient (Wildman–Crippen LogP) is 3.11. The molecule has 1 aromatic carbocycles. The molecule has 1 saturated heterocycles. The summed E-state index contributed by atoms with van der Waals surface area (Å²) in [4.78, 5) is 2.14. The molecule has 1 fully saturated rings. The summed E-state index contributed by atoms with van der Waals surface area (Å²) in [5.41, 5.74) is 0.752. The zero-order valence-corrected chi connectivity index (χ0v) is 12.0. The van der Waals surface area contributed by atoms with E-state index in [0.29, 0.717) is 12.0 Å². The van der Waals surface area contributed by atoms with E-state index in [2.05, 4.69) is 28.8 Å². The number of benzene rings is 1. The van der Waals surface area contributed by atoms with Crippen molar-refractivity contribution in [3.05, 3.63) is 24.3 Å². The summed E-state index contributed by atoms with van der Waals surface area (Å²) in [7, 11) is 0. The van der Waals surface area contributed by atoms with Gasteiger partial charge in [0.2, 0.25) is 0 Å². The number of para-hydroxylation sites is 2. The smallest absolute Gasteiger partial charge is 0.387 e. The highest BCUT2D eigenvalue weighted by Crippen LogP contribution is 2.30. The predicted molar refractivity (Wildman–Crippen MR) is 76.5 cm³/mol. The Balaban J connectivity index is 2.20. The van der Waals surface area contributed by atoms with Gasteiger partial charge in [-0.1, -0.05) is 26.0 Å². The minimum absolute atomic E-state index is 0.256. The van der Waals surface area contributed by atoms with Gasteiger partial charge in [0.25, 0.3) is 0 Å². The first-order valence-electron chi connectivity index (χ1n) is 7.10. The molecule has 1 aliphatic heterocycles. The van der Waals surface area contributed by atoms with Crippen LogP contribution < -0.4 is 15.0 Å². The van der Waals surface area contributed by atoms with Crippen LogP contribution in [-0.2, 0) is 0 Å². The van der Waals surface area contributed by atoms with E-state index in [9.17, 15) is 8.78 Å². The fourth-order valence-corrected chi connectivity index (χ4v) is 2.53. The maximum Gasteiger partial charge on any atom is 0.387 e. The lowest BCUT2D eigenvalue weighted by molar-refractivity contribution is -0.0495. The first-order valence-corrected chi connectivity index (χ1v) is 7.10. The van der Waals surface area contributed by atoms with Crippen molar-refractivity contribution in [3.63, 3.8) is 0 Å². The molecule has 1 atom stereocenters. The number of rotatable bonds is 4. The van der Waals surface area contributed by atoms with Gasteiger partial charge in [0.05, 0.1) is 5.69 Å². The van der Waals surface area contributed by atoms with Gasteiger partial charge >= 0.3 is 6.61 Å². The average molecular weight is 284 g/mol. The van der Waals surface area contributed by atoms with E-state index in [4.69, 9.17) is 0 Å². The van der Waals surface area contributed by atoms with E-state index in [1.807, 2.05) is 12.1 Å². The fourth-order valence-electron chi connectivity index (χ4n) is 2.53. The van der Waals surface area contributed by atoms with Crippen molar-refractivity contribution < 1.29 is 13.5 Å². The second-order valence-corrected chi connectivity index (χ2v) is 5.45. The molecule has 5 heteroatoms. The third kappa shape index (κ3) is 3.82. The van der Waals surface area contributed by atoms with Gasteiger partial charge in [0.1, 0.15) is 5.75 Å². The number of hydrogen-bond acceptors (Lipinski definition) is 3. The van der Waals surface area contributed by atoms with Crippen LogP contribution in [-0.4, -0.2) is 32.3 Å². The van der Waals surface area contributed by atoms with Gasteiger partial charge < -0.3 is 15.0 Å². The van der Waals surface area contributed by atoms with E-state index >= 15 is 0 Å². The van der Waals surface area contributed by atoms with Crippen LogP contribution in [0.5, 0.6) is 5.75 Å². The maximum atomic E-state index is 12.5. The molecule has 0 radical (unpaired) electrons. The summed E-state index contributed by atoms with van der Waals surface area (Å²) < 4.78 is 29.6. The van der Waals surface area contributed by atoms with Crippen LogP contribution in [0.15, 0.2) is 24.3 Å². The summed E-state index contributed by atoms with van der Waals surface area (Å²) in [6.07, 6.45) is 0.992. The van der Waals surface area contributed by atoms with Crippen LogP contribution in [0, 0.1) is 5.92 Å². The monoisotopic (exact) mass is 284 g/mol. The number of halogens is 2. The quantitative estimate of drug-likeness (QED) is 0.919. The topological polar surface area (TPSA) is 24.5 Å². The summed E-state index contributed by atoms with van der Waals surface area (Å²) >= 11 is 0. The number of hydrogen-bond donors (Lipinski definition) is 1. The van der Waals surface area contributed by atoms with Crippen LogP contribution in [0.3, 0.4) is 0 Å². The molecule has 0 saturated carbocycles. The largest absolute Gasteiger partial charge is 0.433 e. The van der Waals surface area contributed by atoms with Gasteiger partial charge in [0.15, 0.2) is 0 Å². The van der Waals surface area contributed by atoms with E-state index < -0.39 is 6.61 Å². The van der Waals surface area contributed by atoms with Crippen molar-refractivity contribution in [3.8, 4) is 5.75 Å². The second kappa shape index (κ2) is 6.88. The standard InChI is InChI=1S/C15H22F2N2O/c1-11(2)12-10-19(9-5-8-18-12)13-6-3-4-7-14(13)20-15(16)17/h3-4,6-7,11-12,15,18H,5,8-10H2,1-2H3. The summed E-state index contributed by atoms with van der Waals surface area (Å²) in [6, 6.07) is 7.38. The Morgan fingerprint density at radius 1 is 1.30 bits per heavy atom. The molecule has 3 nitrogen and oxygen atoms in total. The molecule has 0 aromatic heterocycles. The van der Waals surface area contributed by atoms with Gasteiger partial charge in [0, 0.05) is 19.1 Å². The van der Waals surface area contributed by atoms with Gasteiger partial charge in [-0.3, -0.25) is 0 Å². The summed E-state index contributed by atoms with van der Waals surface area (Å²) in [5, 5.41) is 3.51. The lowest BCUT2D eigenvalue weighted by Crippen LogP contribution is -2.41. The molecule has 0 amide bonds. The van der Waals surface area contributed by atoms with Crippen molar-refractivity contribution in [2.24, 2.45) is 5.92 Å². The highest BCUT2D eigenvalue weighted by molar-refractivity contribution is 5.58. The SMILES string of the molecule is CC(C)C1CN(c2ccccc2OC(F)F)CCCN1. The zero-order valence-electron chi connectivity index (χ0n) is 12.0. The van der Waals surface area contributed by atoms with Crippen molar-refractivity contribution in [2.75, 3.05) is 24.5 Å². The Bertz CT molecular complexity index is 426. The number of alkyl halides is 2. The Morgan fingerprint density at radius 2 is 2.05 bits per heavy atom. The minimum atomic E-state index is -2.79. The number of anilines is 1. The number of nitrogens with zero attached hydrogens (tertiary/aromatic N) is 1. The minimum Gasteiger partial charge on any atom is -0.433 e. The first kappa shape index (κ1) is 15.0. The Hall–Kier alpha value is -1.36. The molecule has 0 aliphatic carbocycles. The molecular formula is C15H22F2N2O. The highest BCUT2D eigenvalue weighted by atomic mass is 19.3. The van der Waals surface area contributed by atoms with E-state index in [0.717, 1.165) is 31.7 Å². The lowest BCUT2D eigenvalue weighted by Gasteiger charge is -2.29. The normalized spacial score (nSPS) is 20.3. The summed E-state index contributed by atoms with van der Waals surface area (Å²) in [6.45, 7) is 4.16. The highest BCUT2D eigenvalue weighted by Gasteiger charge is 2.22. The lowest BCUT2D eigenvalue weighted by atomic mass is 10.0. The summed E-state index contributed by atoms with van der Waals surface area (Å²) in [5.74, 6) is 0.755. The molecule has 1 aliphatic rings. The Kier molecular flexibility index (Phi) is 5.17. The molecule has 1 unspecified atom stereocenters. The number of nitrogens with one attached hydrogen (secondary N) is 1. The van der Waals surface area contributed by atoms with Crippen LogP contribution >= 0.6 is 0 Å². The second-order valence-electron chi connectivity index (χ2n) is 5.45. The van der Waals surface area contributed by atoms with Crippen LogP contribution in [0.2, 0.25) is 0 Å². The maximum absolute atomic E-state index is 12.5. The Labute approximate surface area is 118 Å². The van der Waals surface area contributed by atoms with E-state index in [-0.39, 0.29) is 5.75 Å². The average Bonchev–Trinajstić information content (AvgIpc) is 2.64. The first-order chi connectivity index (χ1) is 9.58. The van der Waals surface area contributed by atoms with E-state index in [1.54, 1.807) is 12.1 Å². The molecule has 0 spiro atoms. The third-order valence-electron chi connectivity index (χ3n) is 3.66. The van der Waals surface area contributed by atoms with E-state index in [1.165, 1.54) is 0 Å². The molecular weight excluding hydrogens is 262 g/mol. The van der Waals surface area contributed by atoms with Gasteiger partial charge in [-0.15, -0.1) is 0 Å². The molecule has 1 aromatic rings. The number of ether oxygens (including phenoxy) is 1. The molecule has 1 heterocycles. The van der Waals surface area contributed by atoms with Crippen molar-refractivity contribution in [1.82, 2.24) is 5.32 Å². The van der Waals surface area contributed by atoms with Gasteiger partial charge in [-0.2, -0.15) is 8.78 Å². The van der Waals surface area contributed by atoms with Crippen molar-refractivity contribution in [1.29, 1.82) is 0 Å². The fraction of sp³-hybridized carbons (Fsp3) is 0.600. The third-order valence-corrected chi connectivity index (χ3v) is 3.66. The van der Waals surface area contributed by atoms with Crippen molar-refractivity contribution >= 4 is 5.69 Å². The van der Waals surface area contributed by atoms with Crippen LogP contribution in [0.1, 0.15) is 20.3 Å². The molecule has 20 heavy (non-hydrogen) atoms. The van der Waals surface area contributed by atoms with Gasteiger partial charge in [-0.05, 0) is 31.0 Å². The zero-order chi connectivity index (χ0) is 14.5. The van der Waals surface area contributed by atoms with Crippen molar-refractivity contribution in [2.45, 2.75) is 32.9 Å². The molecule has 0 bridgehead atoms. The van der Waals surface area contributed by atoms with Crippen LogP contribution in [0.25, 0.3) is 0 Å². The van der Waals surface area contributed by atoms with Gasteiger partial charge in [-0.25, -0.2) is 0 Å².